The lowest BCUT2D eigenvalue weighted by atomic mass is 10.2. The molecule has 0 radical (unpaired) electrons. The molecule has 3 aromatic rings. The molecule has 1 aliphatic heterocycles. The molecule has 1 saturated heterocycles. The van der Waals surface area contributed by atoms with Gasteiger partial charge in [0.25, 0.3) is 5.91 Å². The number of carbonyl (C=O) groups is 2. The van der Waals surface area contributed by atoms with Crippen molar-refractivity contribution < 1.29 is 9.59 Å². The van der Waals surface area contributed by atoms with E-state index in [9.17, 15) is 9.59 Å². The van der Waals surface area contributed by atoms with Gasteiger partial charge in [-0.3, -0.25) is 10.1 Å². The zero-order chi connectivity index (χ0) is 18.1. The van der Waals surface area contributed by atoms with Crippen LogP contribution in [0.5, 0.6) is 0 Å². The van der Waals surface area contributed by atoms with Crippen molar-refractivity contribution in [2.24, 2.45) is 0 Å². The predicted octanol–water partition coefficient (Wildman–Crippen LogP) is 2.35. The van der Waals surface area contributed by atoms with Crippen molar-refractivity contribution >= 4 is 46.8 Å². The zero-order valence-electron chi connectivity index (χ0n) is 13.3. The van der Waals surface area contributed by atoms with Gasteiger partial charge in [0.15, 0.2) is 5.65 Å². The van der Waals surface area contributed by atoms with Crippen LogP contribution in [0.3, 0.4) is 0 Å². The lowest BCUT2D eigenvalue weighted by Gasteiger charge is -2.06. The number of aromatic nitrogens is 3. The van der Waals surface area contributed by atoms with Crippen LogP contribution >= 0.6 is 11.6 Å². The summed E-state index contributed by atoms with van der Waals surface area (Å²) in [6, 6.07) is 7.90. The van der Waals surface area contributed by atoms with Gasteiger partial charge in [0, 0.05) is 22.5 Å². The Labute approximate surface area is 152 Å². The third kappa shape index (κ3) is 3.22. The van der Waals surface area contributed by atoms with Crippen LogP contribution in [0.1, 0.15) is 5.56 Å². The number of rotatable bonds is 4. The molecule has 3 heterocycles. The summed E-state index contributed by atoms with van der Waals surface area (Å²) in [6.07, 6.45) is 6.71. The molecule has 1 fully saturated rings. The largest absolute Gasteiger partial charge is 0.340 e. The summed E-state index contributed by atoms with van der Waals surface area (Å²) in [7, 11) is 0. The van der Waals surface area contributed by atoms with Gasteiger partial charge in [0.1, 0.15) is 11.9 Å². The van der Waals surface area contributed by atoms with E-state index in [-0.39, 0.29) is 5.91 Å². The summed E-state index contributed by atoms with van der Waals surface area (Å²) in [4.78, 5) is 27.3. The summed E-state index contributed by atoms with van der Waals surface area (Å²) >= 11 is 5.99. The Morgan fingerprint density at radius 2 is 2.15 bits per heavy atom. The van der Waals surface area contributed by atoms with Crippen LogP contribution in [0.4, 0.5) is 16.3 Å². The number of carbonyl (C=O) groups excluding carboxylic acids is 2. The van der Waals surface area contributed by atoms with E-state index in [4.69, 9.17) is 11.6 Å². The van der Waals surface area contributed by atoms with Crippen molar-refractivity contribution in [2.45, 2.75) is 6.04 Å². The highest BCUT2D eigenvalue weighted by atomic mass is 35.5. The van der Waals surface area contributed by atoms with Crippen LogP contribution in [0, 0.1) is 0 Å². The highest BCUT2D eigenvalue weighted by molar-refractivity contribution is 6.30. The number of hydrogen-bond acceptors (Lipinski definition) is 5. The maximum absolute atomic E-state index is 11.6. The highest BCUT2D eigenvalue weighted by Gasteiger charge is 2.26. The average Bonchev–Trinajstić information content (AvgIpc) is 3.15. The molecular formula is C17H13ClN6O2. The van der Waals surface area contributed by atoms with Crippen LogP contribution in [-0.2, 0) is 4.79 Å². The second-order valence-corrected chi connectivity index (χ2v) is 6.05. The minimum Gasteiger partial charge on any atom is -0.340 e. The van der Waals surface area contributed by atoms with E-state index in [1.807, 2.05) is 12.1 Å². The number of imide groups is 1. The first-order chi connectivity index (χ1) is 12.6. The first kappa shape index (κ1) is 16.1. The van der Waals surface area contributed by atoms with Crippen LogP contribution in [0.25, 0.3) is 11.7 Å². The molecular weight excluding hydrogens is 356 g/mol. The third-order valence-corrected chi connectivity index (χ3v) is 4.00. The number of halogens is 1. The molecule has 2 aromatic heterocycles. The minimum atomic E-state index is -0.704. The van der Waals surface area contributed by atoms with E-state index in [2.05, 4.69) is 26.0 Å². The first-order valence-electron chi connectivity index (χ1n) is 7.75. The molecule has 1 unspecified atom stereocenters. The zero-order valence-corrected chi connectivity index (χ0v) is 14.1. The lowest BCUT2D eigenvalue weighted by molar-refractivity contribution is -0.119. The van der Waals surface area contributed by atoms with Gasteiger partial charge in [0.2, 0.25) is 0 Å². The molecule has 0 bridgehead atoms. The van der Waals surface area contributed by atoms with Crippen LogP contribution in [-0.4, -0.2) is 32.6 Å². The van der Waals surface area contributed by atoms with Crippen molar-refractivity contribution in [1.82, 2.24) is 25.2 Å². The van der Waals surface area contributed by atoms with Crippen molar-refractivity contribution in [3.8, 4) is 0 Å². The van der Waals surface area contributed by atoms with Crippen LogP contribution < -0.4 is 16.0 Å². The van der Waals surface area contributed by atoms with Gasteiger partial charge in [-0.1, -0.05) is 29.8 Å². The van der Waals surface area contributed by atoms with E-state index < -0.39 is 12.1 Å². The van der Waals surface area contributed by atoms with Gasteiger partial charge < -0.3 is 10.6 Å². The van der Waals surface area contributed by atoms with Crippen molar-refractivity contribution in [1.29, 1.82) is 0 Å². The summed E-state index contributed by atoms with van der Waals surface area (Å²) in [5.74, 6) is 0.237. The summed E-state index contributed by atoms with van der Waals surface area (Å²) in [5, 5.41) is 12.7. The normalized spacial score (nSPS) is 16.9. The number of fused-ring (bicyclic) bond motifs is 1. The van der Waals surface area contributed by atoms with Crippen LogP contribution in [0.15, 0.2) is 48.8 Å². The van der Waals surface area contributed by atoms with E-state index in [1.54, 1.807) is 47.3 Å². The fourth-order valence-corrected chi connectivity index (χ4v) is 2.75. The number of hydrogen-bond donors (Lipinski definition) is 3. The quantitative estimate of drug-likeness (QED) is 0.614. The maximum atomic E-state index is 11.6. The molecule has 0 spiro atoms. The molecule has 4 rings (SSSR count). The topological polar surface area (TPSA) is 100 Å². The Kier molecular flexibility index (Phi) is 4.02. The Morgan fingerprint density at radius 3 is 2.92 bits per heavy atom. The van der Waals surface area contributed by atoms with Gasteiger partial charge in [0.05, 0.1) is 6.20 Å². The highest BCUT2D eigenvalue weighted by Crippen LogP contribution is 2.20. The van der Waals surface area contributed by atoms with E-state index in [1.165, 1.54) is 0 Å². The fraction of sp³-hybridized carbons (Fsp3) is 0.0588. The van der Waals surface area contributed by atoms with Crippen molar-refractivity contribution in [3.63, 3.8) is 0 Å². The standard InChI is InChI=1S/C17H13ClN6O2/c18-11-2-1-3-12(8-11)20-14-6-7-24-15(22-14)10(9-19-24)4-5-13-16(25)23-17(26)21-13/h1-9,13H,(H,20,22)(H2,21,23,25,26). The van der Waals surface area contributed by atoms with E-state index in [0.29, 0.717) is 22.1 Å². The number of nitrogens with zero attached hydrogens (tertiary/aromatic N) is 3. The summed E-state index contributed by atoms with van der Waals surface area (Å²) in [6.45, 7) is 0. The minimum absolute atomic E-state index is 0.390. The number of anilines is 2. The Hall–Kier alpha value is -3.39. The Balaban J connectivity index is 1.60. The second kappa shape index (κ2) is 6.49. The predicted molar refractivity (Wildman–Crippen MR) is 97.2 cm³/mol. The Bertz CT molecular complexity index is 1040. The van der Waals surface area contributed by atoms with Crippen molar-refractivity contribution in [3.05, 3.63) is 59.4 Å². The lowest BCUT2D eigenvalue weighted by Crippen LogP contribution is -2.26. The average molecular weight is 369 g/mol. The summed E-state index contributed by atoms with van der Waals surface area (Å²) in [5.41, 5.74) is 2.14. The van der Waals surface area contributed by atoms with Crippen LogP contribution in [0.2, 0.25) is 5.02 Å². The molecule has 130 valence electrons. The summed E-state index contributed by atoms with van der Waals surface area (Å²) < 4.78 is 1.62. The fourth-order valence-electron chi connectivity index (χ4n) is 2.56. The Morgan fingerprint density at radius 1 is 1.27 bits per heavy atom. The number of urea groups is 1. The van der Waals surface area contributed by atoms with Gasteiger partial charge in [-0.25, -0.2) is 14.3 Å². The maximum Gasteiger partial charge on any atom is 0.322 e. The third-order valence-electron chi connectivity index (χ3n) is 3.77. The number of amides is 3. The molecule has 3 N–H and O–H groups in total. The molecule has 26 heavy (non-hydrogen) atoms. The SMILES string of the molecule is O=C1NC(=O)C(C=Cc2cnn3ccc(Nc4cccc(Cl)c4)nc23)N1. The molecule has 0 saturated carbocycles. The van der Waals surface area contributed by atoms with Crippen molar-refractivity contribution in [2.75, 3.05) is 5.32 Å². The number of benzene rings is 1. The van der Waals surface area contributed by atoms with Gasteiger partial charge >= 0.3 is 6.03 Å². The molecule has 1 aliphatic rings. The van der Waals surface area contributed by atoms with Gasteiger partial charge in [-0.15, -0.1) is 0 Å². The molecule has 1 atom stereocenters. The molecule has 0 aliphatic carbocycles. The van der Waals surface area contributed by atoms with E-state index >= 15 is 0 Å². The van der Waals surface area contributed by atoms with Gasteiger partial charge in [-0.2, -0.15) is 5.10 Å². The first-order valence-corrected chi connectivity index (χ1v) is 8.13. The van der Waals surface area contributed by atoms with E-state index in [0.717, 1.165) is 5.69 Å². The molecule has 8 nitrogen and oxygen atoms in total. The molecule has 3 amide bonds. The number of nitrogens with one attached hydrogen (secondary N) is 3. The van der Waals surface area contributed by atoms with Gasteiger partial charge in [-0.05, 0) is 24.3 Å². The smallest absolute Gasteiger partial charge is 0.322 e. The molecule has 9 heteroatoms. The second-order valence-electron chi connectivity index (χ2n) is 5.62. The molecule has 1 aromatic carbocycles. The monoisotopic (exact) mass is 368 g/mol.